The van der Waals surface area contributed by atoms with Crippen molar-refractivity contribution in [2.75, 3.05) is 5.32 Å². The number of nitrogens with one attached hydrogen (secondary N) is 2. The molecule has 25 heavy (non-hydrogen) atoms. The minimum atomic E-state index is -0.692. The summed E-state index contributed by atoms with van der Waals surface area (Å²) >= 11 is 0. The molecule has 0 aromatic heterocycles. The first-order valence-corrected chi connectivity index (χ1v) is 8.61. The first-order valence-electron chi connectivity index (χ1n) is 8.61. The molecule has 3 rings (SSSR count). The summed E-state index contributed by atoms with van der Waals surface area (Å²) in [6.45, 7) is 0.368. The van der Waals surface area contributed by atoms with Crippen molar-refractivity contribution in [1.82, 2.24) is 5.32 Å². The van der Waals surface area contributed by atoms with Crippen LogP contribution in [0.5, 0.6) is 0 Å². The lowest BCUT2D eigenvalue weighted by molar-refractivity contribution is -0.123. The van der Waals surface area contributed by atoms with Crippen molar-refractivity contribution in [2.45, 2.75) is 31.8 Å². The molecule has 0 saturated heterocycles. The molecule has 1 aliphatic rings. The summed E-state index contributed by atoms with van der Waals surface area (Å²) in [6, 6.07) is 16.1. The van der Waals surface area contributed by atoms with E-state index in [1.807, 2.05) is 54.6 Å². The van der Waals surface area contributed by atoms with Crippen molar-refractivity contribution >= 4 is 17.5 Å². The predicted octanol–water partition coefficient (Wildman–Crippen LogP) is 2.74. The van der Waals surface area contributed by atoms with E-state index in [-0.39, 0.29) is 17.7 Å². The van der Waals surface area contributed by atoms with Crippen molar-refractivity contribution in [3.8, 4) is 0 Å². The normalized spacial score (nSPS) is 15.1. The van der Waals surface area contributed by atoms with E-state index < -0.39 is 6.04 Å². The Morgan fingerprint density at radius 1 is 1.08 bits per heavy atom. The largest absolute Gasteiger partial charge is 0.350 e. The predicted molar refractivity (Wildman–Crippen MR) is 97.6 cm³/mol. The zero-order valence-electron chi connectivity index (χ0n) is 14.1. The molecule has 2 amide bonds. The van der Waals surface area contributed by atoms with Crippen molar-refractivity contribution in [3.63, 3.8) is 0 Å². The zero-order chi connectivity index (χ0) is 17.6. The third kappa shape index (κ3) is 4.45. The van der Waals surface area contributed by atoms with Crippen LogP contribution in [0.3, 0.4) is 0 Å². The van der Waals surface area contributed by atoms with E-state index in [0.717, 1.165) is 36.1 Å². The Hall–Kier alpha value is -2.66. The van der Waals surface area contributed by atoms with Gasteiger partial charge in [0, 0.05) is 18.2 Å². The van der Waals surface area contributed by atoms with Crippen LogP contribution in [0.25, 0.3) is 0 Å². The standard InChI is InChI=1S/C20H23N3O2/c21-18(15-7-2-1-3-8-15)20(25)22-13-14-6-4-11-17(12-14)23-19(24)16-9-5-10-16/h1-4,6-8,11-12,16,18H,5,9-10,13,21H2,(H,22,25)(H,23,24). The lowest BCUT2D eigenvalue weighted by atomic mass is 9.85. The maximum Gasteiger partial charge on any atom is 0.241 e. The highest BCUT2D eigenvalue weighted by Crippen LogP contribution is 2.27. The Balaban J connectivity index is 1.55. The second kappa shape index (κ2) is 7.94. The average Bonchev–Trinajstić information content (AvgIpc) is 2.58. The molecule has 0 bridgehead atoms. The molecule has 1 aliphatic carbocycles. The summed E-state index contributed by atoms with van der Waals surface area (Å²) in [5.41, 5.74) is 8.44. The van der Waals surface area contributed by atoms with E-state index in [2.05, 4.69) is 10.6 Å². The van der Waals surface area contributed by atoms with Gasteiger partial charge in [-0.1, -0.05) is 48.9 Å². The Labute approximate surface area is 147 Å². The number of benzene rings is 2. The van der Waals surface area contributed by atoms with Gasteiger partial charge in [0.25, 0.3) is 0 Å². The minimum Gasteiger partial charge on any atom is -0.350 e. The molecule has 2 aromatic carbocycles. The summed E-state index contributed by atoms with van der Waals surface area (Å²) in [6.07, 6.45) is 3.07. The van der Waals surface area contributed by atoms with Gasteiger partial charge in [0.2, 0.25) is 11.8 Å². The molecule has 4 N–H and O–H groups in total. The molecule has 5 nitrogen and oxygen atoms in total. The summed E-state index contributed by atoms with van der Waals surface area (Å²) in [4.78, 5) is 24.2. The minimum absolute atomic E-state index is 0.0820. The molecule has 2 aromatic rings. The van der Waals surface area contributed by atoms with Crippen LogP contribution in [-0.4, -0.2) is 11.8 Å². The van der Waals surface area contributed by atoms with Gasteiger partial charge in [0.05, 0.1) is 0 Å². The fraction of sp³-hybridized carbons (Fsp3) is 0.300. The molecule has 1 unspecified atom stereocenters. The van der Waals surface area contributed by atoms with Crippen molar-refractivity contribution in [3.05, 3.63) is 65.7 Å². The van der Waals surface area contributed by atoms with Gasteiger partial charge in [-0.05, 0) is 36.1 Å². The van der Waals surface area contributed by atoms with Gasteiger partial charge in [-0.2, -0.15) is 0 Å². The SMILES string of the molecule is NC(C(=O)NCc1cccc(NC(=O)C2CCC2)c1)c1ccccc1. The second-order valence-corrected chi connectivity index (χ2v) is 6.42. The van der Waals surface area contributed by atoms with Gasteiger partial charge in [-0.15, -0.1) is 0 Å². The zero-order valence-corrected chi connectivity index (χ0v) is 14.1. The third-order valence-electron chi connectivity index (χ3n) is 4.58. The van der Waals surface area contributed by atoms with Gasteiger partial charge in [-0.25, -0.2) is 0 Å². The molecule has 0 spiro atoms. The molecule has 0 heterocycles. The number of hydrogen-bond donors (Lipinski definition) is 3. The molecular formula is C20H23N3O2. The molecular weight excluding hydrogens is 314 g/mol. The van der Waals surface area contributed by atoms with Crippen LogP contribution in [0, 0.1) is 5.92 Å². The highest BCUT2D eigenvalue weighted by atomic mass is 16.2. The Morgan fingerprint density at radius 2 is 1.84 bits per heavy atom. The fourth-order valence-corrected chi connectivity index (χ4v) is 2.78. The Morgan fingerprint density at radius 3 is 2.52 bits per heavy atom. The number of rotatable bonds is 6. The van der Waals surface area contributed by atoms with Crippen LogP contribution < -0.4 is 16.4 Å². The number of nitrogens with two attached hydrogens (primary N) is 1. The molecule has 5 heteroatoms. The smallest absolute Gasteiger partial charge is 0.241 e. The highest BCUT2D eigenvalue weighted by Gasteiger charge is 2.25. The first-order chi connectivity index (χ1) is 12.1. The Bertz CT molecular complexity index is 742. The van der Waals surface area contributed by atoms with Crippen LogP contribution in [-0.2, 0) is 16.1 Å². The van der Waals surface area contributed by atoms with Gasteiger partial charge in [-0.3, -0.25) is 9.59 Å². The highest BCUT2D eigenvalue weighted by molar-refractivity contribution is 5.93. The average molecular weight is 337 g/mol. The van der Waals surface area contributed by atoms with E-state index in [9.17, 15) is 9.59 Å². The van der Waals surface area contributed by atoms with Crippen molar-refractivity contribution in [2.24, 2.45) is 11.7 Å². The maximum absolute atomic E-state index is 12.2. The van der Waals surface area contributed by atoms with Crippen LogP contribution >= 0.6 is 0 Å². The molecule has 0 aliphatic heterocycles. The van der Waals surface area contributed by atoms with E-state index >= 15 is 0 Å². The van der Waals surface area contributed by atoms with Gasteiger partial charge in [0.15, 0.2) is 0 Å². The monoisotopic (exact) mass is 337 g/mol. The number of hydrogen-bond acceptors (Lipinski definition) is 3. The van der Waals surface area contributed by atoms with Gasteiger partial charge < -0.3 is 16.4 Å². The Kier molecular flexibility index (Phi) is 5.46. The molecule has 130 valence electrons. The number of amides is 2. The lowest BCUT2D eigenvalue weighted by Gasteiger charge is -2.24. The summed E-state index contributed by atoms with van der Waals surface area (Å²) in [5, 5.41) is 5.79. The fourth-order valence-electron chi connectivity index (χ4n) is 2.78. The molecule has 1 saturated carbocycles. The summed E-state index contributed by atoms with van der Waals surface area (Å²) in [7, 11) is 0. The van der Waals surface area contributed by atoms with E-state index in [1.54, 1.807) is 0 Å². The number of carbonyl (C=O) groups is 2. The topological polar surface area (TPSA) is 84.2 Å². The molecule has 1 fully saturated rings. The van der Waals surface area contributed by atoms with Crippen molar-refractivity contribution in [1.29, 1.82) is 0 Å². The summed E-state index contributed by atoms with van der Waals surface area (Å²) < 4.78 is 0. The van der Waals surface area contributed by atoms with E-state index in [0.29, 0.717) is 6.54 Å². The second-order valence-electron chi connectivity index (χ2n) is 6.42. The maximum atomic E-state index is 12.2. The van der Waals surface area contributed by atoms with Crippen LogP contribution in [0.4, 0.5) is 5.69 Å². The van der Waals surface area contributed by atoms with E-state index in [1.165, 1.54) is 0 Å². The quantitative estimate of drug-likeness (QED) is 0.758. The molecule has 0 radical (unpaired) electrons. The number of carbonyl (C=O) groups excluding carboxylic acids is 2. The summed E-state index contributed by atoms with van der Waals surface area (Å²) in [5.74, 6) is 0.000807. The van der Waals surface area contributed by atoms with Crippen LogP contribution in [0.15, 0.2) is 54.6 Å². The lowest BCUT2D eigenvalue weighted by Crippen LogP contribution is -2.33. The molecule has 1 atom stereocenters. The van der Waals surface area contributed by atoms with Crippen LogP contribution in [0.2, 0.25) is 0 Å². The van der Waals surface area contributed by atoms with Gasteiger partial charge in [0.1, 0.15) is 6.04 Å². The van der Waals surface area contributed by atoms with Gasteiger partial charge >= 0.3 is 0 Å². The third-order valence-corrected chi connectivity index (χ3v) is 4.58. The van der Waals surface area contributed by atoms with Crippen LogP contribution in [0.1, 0.15) is 36.4 Å². The first kappa shape index (κ1) is 17.2. The number of anilines is 1. The van der Waals surface area contributed by atoms with E-state index in [4.69, 9.17) is 5.73 Å². The van der Waals surface area contributed by atoms with Crippen molar-refractivity contribution < 1.29 is 9.59 Å².